The largest absolute Gasteiger partial charge is 0.383 e. The van der Waals surface area contributed by atoms with E-state index in [2.05, 4.69) is 4.98 Å². The maximum atomic E-state index is 12.5. The Hall–Kier alpha value is -1.46. The lowest BCUT2D eigenvalue weighted by Crippen LogP contribution is -2.37. The molecule has 1 unspecified atom stereocenters. The lowest BCUT2D eigenvalue weighted by molar-refractivity contribution is -0.136. The average Bonchev–Trinajstić information content (AvgIpc) is 2.49. The van der Waals surface area contributed by atoms with Gasteiger partial charge in [-0.25, -0.2) is 0 Å². The summed E-state index contributed by atoms with van der Waals surface area (Å²) in [7, 11) is 1.64. The number of carbonyl (C=O) groups is 1. The number of nitrogens with two attached hydrogens (primary N) is 1. The Morgan fingerprint density at radius 2 is 2.30 bits per heavy atom. The highest BCUT2D eigenvalue weighted by atomic mass is 16.5. The Kier molecular flexibility index (Phi) is 7.84. The molecule has 0 saturated heterocycles. The van der Waals surface area contributed by atoms with Crippen LogP contribution in [0.2, 0.25) is 0 Å². The number of amides is 1. The summed E-state index contributed by atoms with van der Waals surface area (Å²) < 4.78 is 5.09. The van der Waals surface area contributed by atoms with Crippen LogP contribution in [0.1, 0.15) is 25.5 Å². The second kappa shape index (κ2) is 9.44. The summed E-state index contributed by atoms with van der Waals surface area (Å²) in [6.07, 6.45) is 3.43. The Morgan fingerprint density at radius 3 is 2.90 bits per heavy atom. The van der Waals surface area contributed by atoms with E-state index in [9.17, 15) is 4.79 Å². The molecule has 0 aromatic carbocycles. The summed E-state index contributed by atoms with van der Waals surface area (Å²) in [6, 6.07) is 5.73. The van der Waals surface area contributed by atoms with E-state index in [4.69, 9.17) is 10.5 Å². The quantitative estimate of drug-likeness (QED) is 0.742. The molecular weight excluding hydrogens is 254 g/mol. The van der Waals surface area contributed by atoms with E-state index in [1.807, 2.05) is 30.0 Å². The van der Waals surface area contributed by atoms with Gasteiger partial charge in [-0.15, -0.1) is 0 Å². The Labute approximate surface area is 121 Å². The first-order valence-corrected chi connectivity index (χ1v) is 7.06. The van der Waals surface area contributed by atoms with Gasteiger partial charge in [0.05, 0.1) is 18.8 Å². The molecule has 0 fully saturated rings. The molecule has 2 N–H and O–H groups in total. The maximum Gasteiger partial charge on any atom is 0.225 e. The number of hydrogen-bond acceptors (Lipinski definition) is 4. The van der Waals surface area contributed by atoms with E-state index in [-0.39, 0.29) is 11.8 Å². The van der Waals surface area contributed by atoms with E-state index < -0.39 is 0 Å². The minimum absolute atomic E-state index is 0.0147. The smallest absolute Gasteiger partial charge is 0.225 e. The molecule has 0 radical (unpaired) electrons. The molecule has 1 heterocycles. The van der Waals surface area contributed by atoms with Gasteiger partial charge in [-0.3, -0.25) is 9.78 Å². The van der Waals surface area contributed by atoms with E-state index in [0.29, 0.717) is 26.2 Å². The lowest BCUT2D eigenvalue weighted by atomic mass is 10.0. The van der Waals surface area contributed by atoms with Gasteiger partial charge in [-0.05, 0) is 31.5 Å². The number of rotatable bonds is 9. The SMILES string of the molecule is COCCN(Cc1ccccn1)C(=O)C(C)CCCN. The second-order valence-electron chi connectivity index (χ2n) is 4.91. The van der Waals surface area contributed by atoms with Crippen molar-refractivity contribution < 1.29 is 9.53 Å². The molecule has 1 aromatic rings. The van der Waals surface area contributed by atoms with Crippen molar-refractivity contribution in [3.05, 3.63) is 30.1 Å². The molecular formula is C15H25N3O2. The van der Waals surface area contributed by atoms with Crippen molar-refractivity contribution in [1.82, 2.24) is 9.88 Å². The number of ether oxygens (including phenoxy) is 1. The normalized spacial score (nSPS) is 12.2. The van der Waals surface area contributed by atoms with Crippen LogP contribution in [0.5, 0.6) is 0 Å². The molecule has 20 heavy (non-hydrogen) atoms. The highest BCUT2D eigenvalue weighted by molar-refractivity contribution is 5.78. The number of carbonyl (C=O) groups excluding carboxylic acids is 1. The van der Waals surface area contributed by atoms with E-state index >= 15 is 0 Å². The number of methoxy groups -OCH3 is 1. The van der Waals surface area contributed by atoms with Gasteiger partial charge in [0.25, 0.3) is 0 Å². The van der Waals surface area contributed by atoms with Crippen LogP contribution in [0, 0.1) is 5.92 Å². The van der Waals surface area contributed by atoms with Gasteiger partial charge in [-0.1, -0.05) is 13.0 Å². The minimum atomic E-state index is -0.0147. The van der Waals surface area contributed by atoms with Gasteiger partial charge < -0.3 is 15.4 Å². The Balaban J connectivity index is 2.65. The number of aromatic nitrogens is 1. The minimum Gasteiger partial charge on any atom is -0.383 e. The zero-order valence-electron chi connectivity index (χ0n) is 12.4. The zero-order valence-corrected chi connectivity index (χ0v) is 12.4. The maximum absolute atomic E-state index is 12.5. The van der Waals surface area contributed by atoms with E-state index in [1.165, 1.54) is 0 Å². The van der Waals surface area contributed by atoms with Gasteiger partial charge in [0, 0.05) is 25.8 Å². The summed E-state index contributed by atoms with van der Waals surface area (Å²) >= 11 is 0. The van der Waals surface area contributed by atoms with Crippen molar-refractivity contribution in [2.24, 2.45) is 11.7 Å². The Morgan fingerprint density at radius 1 is 1.50 bits per heavy atom. The van der Waals surface area contributed by atoms with E-state index in [1.54, 1.807) is 13.3 Å². The van der Waals surface area contributed by atoms with Crippen molar-refractivity contribution in [2.75, 3.05) is 26.8 Å². The summed E-state index contributed by atoms with van der Waals surface area (Å²) in [5.74, 6) is 0.125. The van der Waals surface area contributed by atoms with Crippen molar-refractivity contribution >= 4 is 5.91 Å². The first-order chi connectivity index (χ1) is 9.69. The molecule has 0 aliphatic rings. The molecule has 1 atom stereocenters. The van der Waals surface area contributed by atoms with Crippen LogP contribution in [0.25, 0.3) is 0 Å². The molecule has 0 saturated carbocycles. The molecule has 5 heteroatoms. The molecule has 5 nitrogen and oxygen atoms in total. The van der Waals surface area contributed by atoms with E-state index in [0.717, 1.165) is 18.5 Å². The Bertz CT molecular complexity index is 384. The number of hydrogen-bond donors (Lipinski definition) is 1. The number of pyridine rings is 1. The van der Waals surface area contributed by atoms with Crippen molar-refractivity contribution in [3.8, 4) is 0 Å². The van der Waals surface area contributed by atoms with Crippen LogP contribution in [0.15, 0.2) is 24.4 Å². The highest BCUT2D eigenvalue weighted by Crippen LogP contribution is 2.12. The van der Waals surface area contributed by atoms with Gasteiger partial charge in [0.15, 0.2) is 0 Å². The molecule has 1 rings (SSSR count). The lowest BCUT2D eigenvalue weighted by Gasteiger charge is -2.25. The van der Waals surface area contributed by atoms with Crippen LogP contribution in [-0.2, 0) is 16.1 Å². The van der Waals surface area contributed by atoms with Gasteiger partial charge >= 0.3 is 0 Å². The van der Waals surface area contributed by atoms with Crippen LogP contribution in [-0.4, -0.2) is 42.6 Å². The van der Waals surface area contributed by atoms with Crippen molar-refractivity contribution in [2.45, 2.75) is 26.3 Å². The second-order valence-corrected chi connectivity index (χ2v) is 4.91. The summed E-state index contributed by atoms with van der Waals surface area (Å²) in [4.78, 5) is 18.5. The van der Waals surface area contributed by atoms with Gasteiger partial charge in [0.1, 0.15) is 0 Å². The van der Waals surface area contributed by atoms with Crippen LogP contribution in [0.4, 0.5) is 0 Å². The van der Waals surface area contributed by atoms with Gasteiger partial charge in [0.2, 0.25) is 5.91 Å². The van der Waals surface area contributed by atoms with Gasteiger partial charge in [-0.2, -0.15) is 0 Å². The topological polar surface area (TPSA) is 68.5 Å². The third-order valence-corrected chi connectivity index (χ3v) is 3.22. The monoisotopic (exact) mass is 279 g/mol. The fraction of sp³-hybridized carbons (Fsp3) is 0.600. The third kappa shape index (κ3) is 5.67. The molecule has 0 aliphatic carbocycles. The van der Waals surface area contributed by atoms with Crippen LogP contribution in [0.3, 0.4) is 0 Å². The summed E-state index contributed by atoms with van der Waals surface area (Å²) in [6.45, 7) is 4.21. The molecule has 0 aliphatic heterocycles. The molecule has 0 spiro atoms. The average molecular weight is 279 g/mol. The molecule has 1 amide bonds. The summed E-state index contributed by atoms with van der Waals surface area (Å²) in [5.41, 5.74) is 6.39. The summed E-state index contributed by atoms with van der Waals surface area (Å²) in [5, 5.41) is 0. The first-order valence-electron chi connectivity index (χ1n) is 7.06. The molecule has 0 bridgehead atoms. The highest BCUT2D eigenvalue weighted by Gasteiger charge is 2.20. The van der Waals surface area contributed by atoms with Crippen molar-refractivity contribution in [1.29, 1.82) is 0 Å². The zero-order chi connectivity index (χ0) is 14.8. The van der Waals surface area contributed by atoms with Crippen molar-refractivity contribution in [3.63, 3.8) is 0 Å². The predicted molar refractivity (Wildman–Crippen MR) is 79.0 cm³/mol. The fourth-order valence-electron chi connectivity index (χ4n) is 2.02. The molecule has 112 valence electrons. The first kappa shape index (κ1) is 16.6. The standard InChI is InChI=1S/C15H25N3O2/c1-13(6-5-8-16)15(19)18(10-11-20-2)12-14-7-3-4-9-17-14/h3-4,7,9,13H,5-6,8,10-12,16H2,1-2H3. The molecule has 1 aromatic heterocycles. The van der Waals surface area contributed by atoms with Crippen LogP contribution < -0.4 is 5.73 Å². The fourth-order valence-corrected chi connectivity index (χ4v) is 2.02. The van der Waals surface area contributed by atoms with Crippen LogP contribution >= 0.6 is 0 Å². The number of nitrogens with zero attached hydrogens (tertiary/aromatic N) is 2. The third-order valence-electron chi connectivity index (χ3n) is 3.22. The predicted octanol–water partition coefficient (Wildman–Crippen LogP) is 1.43.